The number of aryl methyl sites for hydroxylation is 1. The molecule has 0 radical (unpaired) electrons. The maximum atomic E-state index is 12.0. The molecule has 0 saturated carbocycles. The molecule has 138 valence electrons. The minimum absolute atomic E-state index is 0.441. The molecule has 0 heterocycles. The highest BCUT2D eigenvalue weighted by atomic mass is 35.5. The number of nitrogens with one attached hydrogen (secondary N) is 2. The molecule has 6 heteroatoms. The second-order valence-electron chi connectivity index (χ2n) is 6.29. The van der Waals surface area contributed by atoms with Gasteiger partial charge in [-0.1, -0.05) is 29.8 Å². The molecule has 0 atom stereocenters. The molecular weight excluding hydrogens is 350 g/mol. The lowest BCUT2D eigenvalue weighted by molar-refractivity contribution is -0.136. The van der Waals surface area contributed by atoms with Crippen molar-refractivity contribution in [2.24, 2.45) is 0 Å². The number of nitrogens with zero attached hydrogens (tertiary/aromatic N) is 1. The van der Waals surface area contributed by atoms with Gasteiger partial charge in [0.25, 0.3) is 0 Å². The first-order chi connectivity index (χ1) is 12.4. The van der Waals surface area contributed by atoms with Crippen LogP contribution in [0.5, 0.6) is 0 Å². The van der Waals surface area contributed by atoms with E-state index < -0.39 is 11.8 Å². The Morgan fingerprint density at radius 3 is 2.38 bits per heavy atom. The summed E-state index contributed by atoms with van der Waals surface area (Å²) in [6.45, 7) is 2.23. The van der Waals surface area contributed by atoms with Gasteiger partial charge in [0.2, 0.25) is 0 Å². The predicted octanol–water partition coefficient (Wildman–Crippen LogP) is 3.40. The quantitative estimate of drug-likeness (QED) is 0.602. The van der Waals surface area contributed by atoms with Gasteiger partial charge in [-0.05, 0) is 55.2 Å². The van der Waals surface area contributed by atoms with Crippen molar-refractivity contribution in [3.63, 3.8) is 0 Å². The normalized spacial score (nSPS) is 10.3. The van der Waals surface area contributed by atoms with Gasteiger partial charge in [0.15, 0.2) is 0 Å². The molecule has 2 aromatic carbocycles. The molecule has 0 bridgehead atoms. The summed E-state index contributed by atoms with van der Waals surface area (Å²) in [5.41, 5.74) is 3.62. The predicted molar refractivity (Wildman–Crippen MR) is 107 cm³/mol. The fourth-order valence-electron chi connectivity index (χ4n) is 2.46. The molecule has 0 aliphatic rings. The van der Waals surface area contributed by atoms with Gasteiger partial charge in [0, 0.05) is 37.0 Å². The Labute approximate surface area is 159 Å². The summed E-state index contributed by atoms with van der Waals surface area (Å²) in [5.74, 6) is -1.34. The van der Waals surface area contributed by atoms with Gasteiger partial charge in [0.1, 0.15) is 0 Å². The zero-order valence-corrected chi connectivity index (χ0v) is 16.1. The van der Waals surface area contributed by atoms with Crippen LogP contribution >= 0.6 is 11.6 Å². The third-order valence-electron chi connectivity index (χ3n) is 4.10. The van der Waals surface area contributed by atoms with Crippen LogP contribution in [0, 0.1) is 6.92 Å². The van der Waals surface area contributed by atoms with E-state index in [2.05, 4.69) is 34.9 Å². The third-order valence-corrected chi connectivity index (χ3v) is 4.51. The summed E-state index contributed by atoms with van der Waals surface area (Å²) < 4.78 is 0. The van der Waals surface area contributed by atoms with Crippen LogP contribution in [-0.2, 0) is 16.0 Å². The van der Waals surface area contributed by atoms with Crippen molar-refractivity contribution in [3.05, 3.63) is 58.6 Å². The molecule has 2 aromatic rings. The van der Waals surface area contributed by atoms with Crippen molar-refractivity contribution >= 4 is 34.8 Å². The number of halogens is 1. The van der Waals surface area contributed by atoms with E-state index in [1.54, 1.807) is 25.1 Å². The van der Waals surface area contributed by atoms with Crippen LogP contribution in [0.2, 0.25) is 5.02 Å². The number of carbonyl (C=O) groups excluding carboxylic acids is 2. The number of hydrogen-bond donors (Lipinski definition) is 2. The van der Waals surface area contributed by atoms with Crippen molar-refractivity contribution in [1.29, 1.82) is 0 Å². The Morgan fingerprint density at radius 2 is 1.73 bits per heavy atom. The van der Waals surface area contributed by atoms with Gasteiger partial charge in [0.05, 0.1) is 0 Å². The zero-order chi connectivity index (χ0) is 19.1. The fraction of sp³-hybridized carbons (Fsp3) is 0.300. The van der Waals surface area contributed by atoms with Crippen LogP contribution in [-0.4, -0.2) is 32.5 Å². The van der Waals surface area contributed by atoms with E-state index in [0.29, 0.717) is 17.3 Å². The maximum absolute atomic E-state index is 12.0. The van der Waals surface area contributed by atoms with Crippen LogP contribution in [0.1, 0.15) is 17.5 Å². The van der Waals surface area contributed by atoms with Gasteiger partial charge in [-0.25, -0.2) is 0 Å². The molecular formula is C20H24ClN3O2. The molecule has 5 nitrogen and oxygen atoms in total. The Balaban J connectivity index is 1.76. The Bertz CT molecular complexity index is 773. The summed E-state index contributed by atoms with van der Waals surface area (Å²) in [5, 5.41) is 5.78. The van der Waals surface area contributed by atoms with Gasteiger partial charge >= 0.3 is 11.8 Å². The molecule has 2 N–H and O–H groups in total. The van der Waals surface area contributed by atoms with E-state index in [1.165, 1.54) is 5.56 Å². The van der Waals surface area contributed by atoms with Crippen LogP contribution in [0.25, 0.3) is 0 Å². The highest BCUT2D eigenvalue weighted by molar-refractivity contribution is 6.40. The minimum atomic E-state index is -0.689. The Morgan fingerprint density at radius 1 is 1.04 bits per heavy atom. The molecule has 0 fully saturated rings. The largest absolute Gasteiger partial charge is 0.378 e. The summed E-state index contributed by atoms with van der Waals surface area (Å²) in [6, 6.07) is 13.5. The van der Waals surface area contributed by atoms with Gasteiger partial charge < -0.3 is 15.5 Å². The van der Waals surface area contributed by atoms with Gasteiger partial charge in [-0.15, -0.1) is 0 Å². The highest BCUT2D eigenvalue weighted by Gasteiger charge is 2.14. The molecule has 0 saturated heterocycles. The molecule has 2 rings (SSSR count). The first-order valence-electron chi connectivity index (χ1n) is 8.49. The lowest BCUT2D eigenvalue weighted by atomic mass is 10.1. The number of benzene rings is 2. The first kappa shape index (κ1) is 19.8. The number of carbonyl (C=O) groups is 2. The molecule has 0 aliphatic carbocycles. The average Bonchev–Trinajstić information content (AvgIpc) is 2.62. The zero-order valence-electron chi connectivity index (χ0n) is 15.3. The topological polar surface area (TPSA) is 61.4 Å². The van der Waals surface area contributed by atoms with Crippen molar-refractivity contribution in [2.45, 2.75) is 19.8 Å². The summed E-state index contributed by atoms with van der Waals surface area (Å²) in [7, 11) is 4.00. The smallest absolute Gasteiger partial charge is 0.313 e. The number of anilines is 2. The molecule has 26 heavy (non-hydrogen) atoms. The number of rotatable bonds is 6. The Hall–Kier alpha value is -2.53. The lowest BCUT2D eigenvalue weighted by Gasteiger charge is -2.12. The van der Waals surface area contributed by atoms with Crippen LogP contribution < -0.4 is 15.5 Å². The SMILES string of the molecule is Cc1c(Cl)cccc1NC(=O)C(=O)NCCCc1ccc(N(C)C)cc1. The summed E-state index contributed by atoms with van der Waals surface area (Å²) in [4.78, 5) is 25.9. The molecule has 0 spiro atoms. The minimum Gasteiger partial charge on any atom is -0.378 e. The van der Waals surface area contributed by atoms with Crippen LogP contribution in [0.4, 0.5) is 11.4 Å². The molecule has 2 amide bonds. The van der Waals surface area contributed by atoms with Gasteiger partial charge in [-0.2, -0.15) is 0 Å². The molecule has 0 aliphatic heterocycles. The van der Waals surface area contributed by atoms with Crippen molar-refractivity contribution < 1.29 is 9.59 Å². The maximum Gasteiger partial charge on any atom is 0.313 e. The number of hydrogen-bond acceptors (Lipinski definition) is 3. The van der Waals surface area contributed by atoms with Crippen LogP contribution in [0.3, 0.4) is 0 Å². The highest BCUT2D eigenvalue weighted by Crippen LogP contribution is 2.22. The first-order valence-corrected chi connectivity index (χ1v) is 8.87. The standard InChI is InChI=1S/C20H24ClN3O2/c1-14-17(21)7-4-8-18(14)23-20(26)19(25)22-13-5-6-15-9-11-16(12-10-15)24(2)3/h4,7-12H,5-6,13H2,1-3H3,(H,22,25)(H,23,26). The monoisotopic (exact) mass is 373 g/mol. The van der Waals surface area contributed by atoms with E-state index in [1.807, 2.05) is 19.0 Å². The van der Waals surface area contributed by atoms with E-state index in [0.717, 1.165) is 24.1 Å². The molecule has 0 unspecified atom stereocenters. The van der Waals surface area contributed by atoms with E-state index in [4.69, 9.17) is 11.6 Å². The summed E-state index contributed by atoms with van der Waals surface area (Å²) >= 11 is 6.01. The molecule has 0 aromatic heterocycles. The Kier molecular flexibility index (Phi) is 7.04. The fourth-order valence-corrected chi connectivity index (χ4v) is 2.63. The average molecular weight is 374 g/mol. The van der Waals surface area contributed by atoms with Gasteiger partial charge in [-0.3, -0.25) is 9.59 Å². The van der Waals surface area contributed by atoms with Crippen molar-refractivity contribution in [2.75, 3.05) is 30.9 Å². The van der Waals surface area contributed by atoms with Crippen molar-refractivity contribution in [3.8, 4) is 0 Å². The second-order valence-corrected chi connectivity index (χ2v) is 6.69. The van der Waals surface area contributed by atoms with E-state index >= 15 is 0 Å². The van der Waals surface area contributed by atoms with E-state index in [9.17, 15) is 9.59 Å². The lowest BCUT2D eigenvalue weighted by Crippen LogP contribution is -2.36. The van der Waals surface area contributed by atoms with Crippen LogP contribution in [0.15, 0.2) is 42.5 Å². The second kappa shape index (κ2) is 9.25. The van der Waals surface area contributed by atoms with E-state index in [-0.39, 0.29) is 0 Å². The third kappa shape index (κ3) is 5.49. The summed E-state index contributed by atoms with van der Waals surface area (Å²) in [6.07, 6.45) is 1.60. The number of amides is 2. The van der Waals surface area contributed by atoms with Crippen molar-refractivity contribution in [1.82, 2.24) is 5.32 Å².